The van der Waals surface area contributed by atoms with E-state index in [0.29, 0.717) is 13.0 Å². The third-order valence-corrected chi connectivity index (χ3v) is 4.23. The van der Waals surface area contributed by atoms with Crippen molar-refractivity contribution in [2.24, 2.45) is 5.41 Å². The fourth-order valence-electron chi connectivity index (χ4n) is 2.73. The van der Waals surface area contributed by atoms with Crippen molar-refractivity contribution in [2.75, 3.05) is 6.54 Å². The summed E-state index contributed by atoms with van der Waals surface area (Å²) in [6.45, 7) is 4.31. The normalized spacial score (nSPS) is 15.8. The third kappa shape index (κ3) is 3.51. The van der Waals surface area contributed by atoms with Gasteiger partial charge in [0.05, 0.1) is 11.0 Å². The summed E-state index contributed by atoms with van der Waals surface area (Å²) < 4.78 is 0. The maximum Gasteiger partial charge on any atom is 0.335 e. The third-order valence-electron chi connectivity index (χ3n) is 4.23. The lowest BCUT2D eigenvalue weighted by Crippen LogP contribution is -2.45. The second-order valence-electron chi connectivity index (χ2n) is 5.63. The first-order chi connectivity index (χ1) is 10.1. The van der Waals surface area contributed by atoms with E-state index in [2.05, 4.69) is 11.9 Å². The first-order valence-electron chi connectivity index (χ1n) is 7.29. The predicted molar refractivity (Wildman–Crippen MR) is 81.2 cm³/mol. The van der Waals surface area contributed by atoms with Gasteiger partial charge in [0.25, 0.3) is 0 Å². The number of aromatic carboxylic acids is 1. The number of hydrogen-bond donors (Lipinski definition) is 2. The van der Waals surface area contributed by atoms with Gasteiger partial charge in [-0.3, -0.25) is 4.79 Å². The standard InChI is InChI=1S/C17H21NO3/c1-2-9-17(10-3-11-17)16(21)18-12-8-13-4-6-14(7-5-13)15(19)20/h2,4-7H,1,3,8-12H2,(H,18,21)(H,19,20). The Morgan fingerprint density at radius 2 is 1.95 bits per heavy atom. The molecule has 21 heavy (non-hydrogen) atoms. The number of benzene rings is 1. The Morgan fingerprint density at radius 1 is 1.29 bits per heavy atom. The summed E-state index contributed by atoms with van der Waals surface area (Å²) in [6.07, 6.45) is 6.26. The van der Waals surface area contributed by atoms with E-state index in [-0.39, 0.29) is 16.9 Å². The minimum Gasteiger partial charge on any atom is -0.478 e. The molecule has 0 unspecified atom stereocenters. The van der Waals surface area contributed by atoms with Crippen LogP contribution >= 0.6 is 0 Å². The van der Waals surface area contributed by atoms with E-state index in [0.717, 1.165) is 31.2 Å². The Hall–Kier alpha value is -2.10. The average molecular weight is 287 g/mol. The number of carbonyl (C=O) groups excluding carboxylic acids is 1. The minimum atomic E-state index is -0.925. The number of carboxylic acids is 1. The van der Waals surface area contributed by atoms with Gasteiger partial charge in [-0.15, -0.1) is 6.58 Å². The smallest absolute Gasteiger partial charge is 0.335 e. The van der Waals surface area contributed by atoms with E-state index in [4.69, 9.17) is 5.11 Å². The lowest BCUT2D eigenvalue weighted by molar-refractivity contribution is -0.135. The van der Waals surface area contributed by atoms with Crippen LogP contribution in [0.5, 0.6) is 0 Å². The zero-order chi connectivity index (χ0) is 15.3. The minimum absolute atomic E-state index is 0.121. The molecule has 0 aromatic heterocycles. The van der Waals surface area contributed by atoms with Crippen molar-refractivity contribution in [3.8, 4) is 0 Å². The van der Waals surface area contributed by atoms with Crippen LogP contribution < -0.4 is 5.32 Å². The quantitative estimate of drug-likeness (QED) is 0.758. The molecule has 4 nitrogen and oxygen atoms in total. The van der Waals surface area contributed by atoms with Crippen LogP contribution in [-0.4, -0.2) is 23.5 Å². The van der Waals surface area contributed by atoms with Crippen LogP contribution in [0, 0.1) is 5.41 Å². The highest BCUT2D eigenvalue weighted by atomic mass is 16.4. The van der Waals surface area contributed by atoms with Gasteiger partial charge in [0.2, 0.25) is 5.91 Å². The van der Waals surface area contributed by atoms with Crippen LogP contribution in [0.15, 0.2) is 36.9 Å². The molecule has 1 aliphatic rings. The summed E-state index contributed by atoms with van der Waals surface area (Å²) in [6, 6.07) is 6.76. The molecule has 1 saturated carbocycles. The monoisotopic (exact) mass is 287 g/mol. The van der Waals surface area contributed by atoms with Crippen molar-refractivity contribution in [2.45, 2.75) is 32.1 Å². The number of nitrogens with one attached hydrogen (secondary N) is 1. The van der Waals surface area contributed by atoms with Crippen LogP contribution in [0.2, 0.25) is 0 Å². The van der Waals surface area contributed by atoms with E-state index in [1.165, 1.54) is 0 Å². The maximum absolute atomic E-state index is 12.2. The molecule has 112 valence electrons. The van der Waals surface area contributed by atoms with Crippen molar-refractivity contribution >= 4 is 11.9 Å². The molecule has 1 aromatic carbocycles. The second-order valence-corrected chi connectivity index (χ2v) is 5.63. The molecule has 0 heterocycles. The van der Waals surface area contributed by atoms with Crippen LogP contribution in [-0.2, 0) is 11.2 Å². The molecule has 0 radical (unpaired) electrons. The Balaban J connectivity index is 1.82. The van der Waals surface area contributed by atoms with Crippen LogP contribution in [0.1, 0.15) is 41.6 Å². The second kappa shape index (κ2) is 6.57. The lowest BCUT2D eigenvalue weighted by Gasteiger charge is -2.39. The zero-order valence-electron chi connectivity index (χ0n) is 12.1. The Bertz CT molecular complexity index is 529. The Morgan fingerprint density at radius 3 is 2.43 bits per heavy atom. The van der Waals surface area contributed by atoms with Gasteiger partial charge in [-0.05, 0) is 43.4 Å². The summed E-state index contributed by atoms with van der Waals surface area (Å²) in [5.41, 5.74) is 1.07. The molecule has 1 amide bonds. The van der Waals surface area contributed by atoms with Crippen molar-refractivity contribution in [1.29, 1.82) is 0 Å². The number of carboxylic acid groups (broad SMARTS) is 1. The molecule has 1 aromatic rings. The Kier molecular flexibility index (Phi) is 4.78. The molecule has 2 N–H and O–H groups in total. The van der Waals surface area contributed by atoms with Gasteiger partial charge in [-0.1, -0.05) is 24.6 Å². The fourth-order valence-corrected chi connectivity index (χ4v) is 2.73. The summed E-state index contributed by atoms with van der Waals surface area (Å²) in [5.74, 6) is -0.804. The summed E-state index contributed by atoms with van der Waals surface area (Å²) in [5, 5.41) is 11.8. The van der Waals surface area contributed by atoms with Gasteiger partial charge in [-0.25, -0.2) is 4.79 Å². The van der Waals surface area contributed by atoms with Gasteiger partial charge in [-0.2, -0.15) is 0 Å². The molecule has 0 aliphatic heterocycles. The summed E-state index contributed by atoms with van der Waals surface area (Å²) >= 11 is 0. The maximum atomic E-state index is 12.2. The SMILES string of the molecule is C=CCC1(C(=O)NCCc2ccc(C(=O)O)cc2)CCC1. The molecule has 0 saturated heterocycles. The van der Waals surface area contributed by atoms with Gasteiger partial charge in [0.15, 0.2) is 0 Å². The van der Waals surface area contributed by atoms with E-state index in [1.807, 2.05) is 6.08 Å². The fraction of sp³-hybridized carbons (Fsp3) is 0.412. The molecule has 4 heteroatoms. The van der Waals surface area contributed by atoms with E-state index >= 15 is 0 Å². The number of amides is 1. The van der Waals surface area contributed by atoms with Crippen molar-refractivity contribution < 1.29 is 14.7 Å². The van der Waals surface area contributed by atoms with Crippen LogP contribution in [0.25, 0.3) is 0 Å². The first kappa shape index (κ1) is 15.3. The molecule has 0 atom stereocenters. The number of hydrogen-bond acceptors (Lipinski definition) is 2. The highest BCUT2D eigenvalue weighted by Crippen LogP contribution is 2.44. The molecular weight excluding hydrogens is 266 g/mol. The van der Waals surface area contributed by atoms with Gasteiger partial charge in [0, 0.05) is 6.54 Å². The van der Waals surface area contributed by atoms with Crippen molar-refractivity contribution in [3.63, 3.8) is 0 Å². The molecule has 1 aliphatic carbocycles. The highest BCUT2D eigenvalue weighted by Gasteiger charge is 2.42. The summed E-state index contributed by atoms with van der Waals surface area (Å²) in [4.78, 5) is 23.0. The highest BCUT2D eigenvalue weighted by molar-refractivity contribution is 5.87. The lowest BCUT2D eigenvalue weighted by atomic mass is 9.66. The summed E-state index contributed by atoms with van der Waals surface area (Å²) in [7, 11) is 0. The number of rotatable bonds is 7. The van der Waals surface area contributed by atoms with Crippen molar-refractivity contribution in [3.05, 3.63) is 48.0 Å². The number of carbonyl (C=O) groups is 2. The van der Waals surface area contributed by atoms with Gasteiger partial charge < -0.3 is 10.4 Å². The van der Waals surface area contributed by atoms with E-state index in [9.17, 15) is 9.59 Å². The molecular formula is C17H21NO3. The topological polar surface area (TPSA) is 66.4 Å². The van der Waals surface area contributed by atoms with Gasteiger partial charge in [0.1, 0.15) is 0 Å². The number of allylic oxidation sites excluding steroid dienone is 1. The average Bonchev–Trinajstić information content (AvgIpc) is 2.43. The molecule has 0 spiro atoms. The van der Waals surface area contributed by atoms with E-state index in [1.54, 1.807) is 24.3 Å². The molecule has 0 bridgehead atoms. The molecule has 2 rings (SSSR count). The van der Waals surface area contributed by atoms with Crippen molar-refractivity contribution in [1.82, 2.24) is 5.32 Å². The largest absolute Gasteiger partial charge is 0.478 e. The van der Waals surface area contributed by atoms with Crippen LogP contribution in [0.4, 0.5) is 0 Å². The Labute approximate surface area is 124 Å². The molecule has 1 fully saturated rings. The van der Waals surface area contributed by atoms with Crippen LogP contribution in [0.3, 0.4) is 0 Å². The van der Waals surface area contributed by atoms with Gasteiger partial charge >= 0.3 is 5.97 Å². The first-order valence-corrected chi connectivity index (χ1v) is 7.29. The van der Waals surface area contributed by atoms with E-state index < -0.39 is 5.97 Å². The zero-order valence-corrected chi connectivity index (χ0v) is 12.1. The predicted octanol–water partition coefficient (Wildman–Crippen LogP) is 2.79.